The van der Waals surface area contributed by atoms with Crippen LogP contribution in [0.4, 0.5) is 17.6 Å². The van der Waals surface area contributed by atoms with Gasteiger partial charge in [-0.25, -0.2) is 24.0 Å². The Morgan fingerprint density at radius 3 is 1.56 bits per heavy atom. The molecular formula is C55H73N5O10. The molecule has 15 heteroatoms. The van der Waals surface area contributed by atoms with Crippen molar-refractivity contribution in [2.45, 2.75) is 122 Å². The largest absolute Gasteiger partial charge is 0.462 e. The van der Waals surface area contributed by atoms with Gasteiger partial charge >= 0.3 is 29.8 Å². The number of aromatic nitrogens is 3. The molecule has 0 amide bonds. The SMILES string of the molecule is CCCCOC(=O)c1ccc(Nc2nc(Cc3ccc(C=C(C(=O)OCC(C)(C)C)C(=O)OCC(C)(C)C)cc3)nc(NC3C=CC(C=C(C(=O)OCC(C)(C)C)C(=O)OCC(C)(C)C)=CC3)n2)cc1. The fraction of sp³-hybridized carbons (Fsp3) is 0.491. The van der Waals surface area contributed by atoms with Crippen LogP contribution in [0.1, 0.15) is 137 Å². The summed E-state index contributed by atoms with van der Waals surface area (Å²) < 4.78 is 27.4. The minimum Gasteiger partial charge on any atom is -0.462 e. The molecule has 3 aromatic rings. The average Bonchev–Trinajstić information content (AvgIpc) is 3.27. The second kappa shape index (κ2) is 24.8. The first-order valence-electron chi connectivity index (χ1n) is 23.8. The fourth-order valence-corrected chi connectivity index (χ4v) is 5.94. The van der Waals surface area contributed by atoms with E-state index in [-0.39, 0.29) is 83.6 Å². The van der Waals surface area contributed by atoms with Crippen LogP contribution in [0.2, 0.25) is 0 Å². The van der Waals surface area contributed by atoms with Crippen LogP contribution in [0.3, 0.4) is 0 Å². The number of ether oxygens (including phenoxy) is 5. The zero-order valence-corrected chi connectivity index (χ0v) is 43.4. The number of rotatable bonds is 20. The molecule has 1 atom stereocenters. The van der Waals surface area contributed by atoms with E-state index in [0.717, 1.165) is 18.4 Å². The Kier molecular flexibility index (Phi) is 19.8. The summed E-state index contributed by atoms with van der Waals surface area (Å²) in [6.07, 6.45) is 10.9. The lowest BCUT2D eigenvalue weighted by Gasteiger charge is -2.21. The monoisotopic (exact) mass is 964 g/mol. The van der Waals surface area contributed by atoms with Crippen LogP contribution in [0.25, 0.3) is 6.08 Å². The number of esters is 5. The third kappa shape index (κ3) is 20.5. The highest BCUT2D eigenvalue weighted by atomic mass is 16.6. The van der Waals surface area contributed by atoms with Gasteiger partial charge in [-0.1, -0.05) is 139 Å². The van der Waals surface area contributed by atoms with Crippen molar-refractivity contribution in [1.82, 2.24) is 15.0 Å². The lowest BCUT2D eigenvalue weighted by molar-refractivity contribution is -0.151. The Morgan fingerprint density at radius 1 is 0.614 bits per heavy atom. The third-order valence-electron chi connectivity index (χ3n) is 9.62. The molecular weight excluding hydrogens is 891 g/mol. The lowest BCUT2D eigenvalue weighted by Crippen LogP contribution is -2.26. The van der Waals surface area contributed by atoms with Crippen molar-refractivity contribution >= 4 is 53.5 Å². The van der Waals surface area contributed by atoms with E-state index in [9.17, 15) is 24.0 Å². The van der Waals surface area contributed by atoms with Crippen molar-refractivity contribution in [3.8, 4) is 0 Å². The van der Waals surface area contributed by atoms with E-state index < -0.39 is 29.8 Å². The zero-order valence-electron chi connectivity index (χ0n) is 43.4. The molecule has 0 radical (unpaired) electrons. The van der Waals surface area contributed by atoms with Gasteiger partial charge in [-0.3, -0.25) is 0 Å². The van der Waals surface area contributed by atoms with Crippen molar-refractivity contribution in [2.24, 2.45) is 21.7 Å². The summed E-state index contributed by atoms with van der Waals surface area (Å²) in [5.41, 5.74) is 1.43. The maximum atomic E-state index is 13.2. The van der Waals surface area contributed by atoms with Crippen LogP contribution in [0, 0.1) is 21.7 Å². The van der Waals surface area contributed by atoms with Gasteiger partial charge in [-0.05, 0) is 87.6 Å². The van der Waals surface area contributed by atoms with Gasteiger partial charge in [0.25, 0.3) is 0 Å². The summed E-state index contributed by atoms with van der Waals surface area (Å²) in [5.74, 6) is -2.52. The number of carbonyl (C=O) groups excluding carboxylic acids is 5. The summed E-state index contributed by atoms with van der Waals surface area (Å²) in [5, 5.41) is 6.60. The van der Waals surface area contributed by atoms with E-state index in [1.807, 2.05) is 114 Å². The predicted octanol–water partition coefficient (Wildman–Crippen LogP) is 10.5. The van der Waals surface area contributed by atoms with Gasteiger partial charge in [-0.15, -0.1) is 0 Å². The second-order valence-corrected chi connectivity index (χ2v) is 22.2. The molecule has 2 N–H and O–H groups in total. The lowest BCUT2D eigenvalue weighted by atomic mass is 9.98. The molecule has 2 aromatic carbocycles. The first kappa shape index (κ1) is 56.0. The van der Waals surface area contributed by atoms with Gasteiger partial charge < -0.3 is 34.3 Å². The molecule has 378 valence electrons. The van der Waals surface area contributed by atoms with E-state index in [1.54, 1.807) is 42.5 Å². The first-order chi connectivity index (χ1) is 32.6. The number of hydrogen-bond acceptors (Lipinski definition) is 15. The third-order valence-corrected chi connectivity index (χ3v) is 9.62. The van der Waals surface area contributed by atoms with Crippen molar-refractivity contribution in [2.75, 3.05) is 43.7 Å². The molecule has 1 aromatic heterocycles. The van der Waals surface area contributed by atoms with Crippen LogP contribution in [-0.2, 0) is 49.3 Å². The Hall–Kier alpha value is -6.64. The molecule has 0 bridgehead atoms. The Labute approximate surface area is 414 Å². The van der Waals surface area contributed by atoms with Gasteiger partial charge in [0.1, 0.15) is 17.0 Å². The highest BCUT2D eigenvalue weighted by Gasteiger charge is 2.28. The minimum atomic E-state index is -0.766. The summed E-state index contributed by atoms with van der Waals surface area (Å²) in [6.45, 7) is 26.0. The van der Waals surface area contributed by atoms with E-state index in [2.05, 4.69) is 15.6 Å². The topological polar surface area (TPSA) is 194 Å². The van der Waals surface area contributed by atoms with Crippen LogP contribution in [0.15, 0.2) is 89.6 Å². The first-order valence-corrected chi connectivity index (χ1v) is 23.8. The smallest absolute Gasteiger partial charge is 0.345 e. The molecule has 1 aliphatic rings. The second-order valence-electron chi connectivity index (χ2n) is 22.2. The summed E-state index contributed by atoms with van der Waals surface area (Å²) >= 11 is 0. The summed E-state index contributed by atoms with van der Waals surface area (Å²) in [4.78, 5) is 79.6. The predicted molar refractivity (Wildman–Crippen MR) is 271 cm³/mol. The van der Waals surface area contributed by atoms with Gasteiger partial charge in [0, 0.05) is 12.1 Å². The van der Waals surface area contributed by atoms with E-state index in [4.69, 9.17) is 33.7 Å². The molecule has 1 heterocycles. The highest BCUT2D eigenvalue weighted by molar-refractivity contribution is 6.17. The highest BCUT2D eigenvalue weighted by Crippen LogP contribution is 2.24. The number of benzene rings is 2. The number of hydrogen-bond donors (Lipinski definition) is 2. The molecule has 0 saturated carbocycles. The maximum absolute atomic E-state index is 13.2. The molecule has 4 rings (SSSR count). The molecule has 0 spiro atoms. The van der Waals surface area contributed by atoms with E-state index in [1.165, 1.54) is 12.2 Å². The van der Waals surface area contributed by atoms with Gasteiger partial charge in [-0.2, -0.15) is 15.0 Å². The molecule has 0 fully saturated rings. The Balaban J connectivity index is 1.61. The van der Waals surface area contributed by atoms with Crippen molar-refractivity contribution in [3.05, 3.63) is 112 Å². The molecule has 0 saturated heterocycles. The Bertz CT molecular complexity index is 2360. The van der Waals surface area contributed by atoms with Crippen molar-refractivity contribution in [1.29, 1.82) is 0 Å². The van der Waals surface area contributed by atoms with Crippen molar-refractivity contribution < 1.29 is 47.7 Å². The van der Waals surface area contributed by atoms with Gasteiger partial charge in [0.05, 0.1) is 44.6 Å². The number of carbonyl (C=O) groups is 5. The Morgan fingerprint density at radius 2 is 1.10 bits per heavy atom. The number of nitrogens with one attached hydrogen (secondary N) is 2. The normalized spacial score (nSPS) is 13.8. The number of anilines is 3. The number of unbranched alkanes of at least 4 members (excludes halogenated alkanes) is 1. The minimum absolute atomic E-state index is 0.117. The molecule has 70 heavy (non-hydrogen) atoms. The van der Waals surface area contributed by atoms with Crippen LogP contribution < -0.4 is 10.6 Å². The summed E-state index contributed by atoms with van der Waals surface area (Å²) in [7, 11) is 0. The van der Waals surface area contributed by atoms with Crippen LogP contribution in [-0.4, -0.2) is 83.9 Å². The zero-order chi connectivity index (χ0) is 51.9. The van der Waals surface area contributed by atoms with Crippen LogP contribution in [0.5, 0.6) is 0 Å². The number of nitrogens with zero attached hydrogens (tertiary/aromatic N) is 3. The molecule has 1 aliphatic carbocycles. The van der Waals surface area contributed by atoms with Gasteiger partial charge in [0.2, 0.25) is 11.9 Å². The quantitative estimate of drug-likeness (QED) is 0.0271. The average molecular weight is 964 g/mol. The molecule has 1 unspecified atom stereocenters. The fourth-order valence-electron chi connectivity index (χ4n) is 5.94. The van der Waals surface area contributed by atoms with Crippen molar-refractivity contribution in [3.63, 3.8) is 0 Å². The van der Waals surface area contributed by atoms with E-state index in [0.29, 0.717) is 41.2 Å². The van der Waals surface area contributed by atoms with Crippen LogP contribution >= 0.6 is 0 Å². The molecule has 15 nitrogen and oxygen atoms in total. The molecule has 0 aliphatic heterocycles. The standard InChI is InChI=1S/C55H73N5O10/c1-14-15-28-66-45(61)39-22-26-41(27-23-39)57-51-59-44(31-38-18-16-36(17-19-38)29-42(46(62)67-32-52(2,3)4)47(63)68-33-53(5,6)7)58-50(60-51)56-40-24-20-37(21-25-40)30-43(48(64)69-34-54(8,9)10)49(65)70-35-55(11,12)13/h16-24,26-27,29-30,40H,14-15,25,28,31-35H2,1-13H3,(H2,56,57,58,59,60). The van der Waals surface area contributed by atoms with Gasteiger partial charge in [0.15, 0.2) is 0 Å². The maximum Gasteiger partial charge on any atom is 0.345 e. The van der Waals surface area contributed by atoms with E-state index >= 15 is 0 Å². The number of allylic oxidation sites excluding steroid dienone is 3. The summed E-state index contributed by atoms with van der Waals surface area (Å²) in [6, 6.07) is 13.8.